The third kappa shape index (κ3) is 4.85. The van der Waals surface area contributed by atoms with Crippen molar-refractivity contribution in [2.75, 3.05) is 48.3 Å². The van der Waals surface area contributed by atoms with E-state index in [4.69, 9.17) is 9.26 Å². The molecule has 1 fully saturated rings. The summed E-state index contributed by atoms with van der Waals surface area (Å²) >= 11 is 3.34. The Bertz CT molecular complexity index is 1400. The van der Waals surface area contributed by atoms with Gasteiger partial charge < -0.3 is 4.74 Å². The van der Waals surface area contributed by atoms with Gasteiger partial charge in [0.2, 0.25) is 15.3 Å². The van der Waals surface area contributed by atoms with E-state index in [1.807, 2.05) is 19.1 Å². The second kappa shape index (κ2) is 9.68. The second-order valence-corrected chi connectivity index (χ2v) is 12.2. The first-order valence-electron chi connectivity index (χ1n) is 10.6. The fourth-order valence-electron chi connectivity index (χ4n) is 3.67. The van der Waals surface area contributed by atoms with E-state index in [0.717, 1.165) is 10.8 Å². The molecule has 0 saturated carbocycles. The quantitative estimate of drug-likeness (QED) is 0.403. The molecule has 184 valence electrons. The van der Waals surface area contributed by atoms with Crippen LogP contribution in [0, 0.1) is 0 Å². The Hall–Kier alpha value is -2.42. The summed E-state index contributed by atoms with van der Waals surface area (Å²) in [7, 11) is -7.24. The van der Waals surface area contributed by atoms with Crippen LogP contribution >= 0.6 is 15.9 Å². The van der Waals surface area contributed by atoms with Gasteiger partial charge >= 0.3 is 10.5 Å². The Morgan fingerprint density at radius 3 is 2.53 bits per heavy atom. The molecule has 1 aliphatic rings. The summed E-state index contributed by atoms with van der Waals surface area (Å²) in [6.45, 7) is 5.33. The number of nitrogens with one attached hydrogen (secondary N) is 1. The lowest BCUT2D eigenvalue weighted by atomic mass is 10.1. The molecule has 2 aromatic carbocycles. The Morgan fingerprint density at radius 2 is 1.85 bits per heavy atom. The fraction of sp³-hybridized carbons (Fsp3) is 0.400. The summed E-state index contributed by atoms with van der Waals surface area (Å²) in [5.41, 5.74) is 0. The molecule has 0 atom stereocenters. The van der Waals surface area contributed by atoms with Crippen LogP contribution in [-0.4, -0.2) is 65.0 Å². The lowest BCUT2D eigenvalue weighted by Gasteiger charge is -2.28. The molecule has 34 heavy (non-hydrogen) atoms. The highest BCUT2D eigenvalue weighted by Crippen LogP contribution is 2.29. The molecule has 4 rings (SSSR count). The van der Waals surface area contributed by atoms with E-state index in [1.54, 1.807) is 30.1 Å². The summed E-state index contributed by atoms with van der Waals surface area (Å²) in [6.07, 6.45) is 0. The van der Waals surface area contributed by atoms with Crippen molar-refractivity contribution in [3.63, 3.8) is 0 Å². The third-order valence-corrected chi connectivity index (χ3v) is 9.35. The lowest BCUT2D eigenvalue weighted by molar-refractivity contribution is -0.768. The summed E-state index contributed by atoms with van der Waals surface area (Å²) in [5, 5.41) is 7.21. The number of ether oxygens (including phenoxy) is 1. The molecule has 1 aromatic heterocycles. The van der Waals surface area contributed by atoms with Crippen LogP contribution in [0.2, 0.25) is 0 Å². The summed E-state index contributed by atoms with van der Waals surface area (Å²) in [6, 6.07) is 10.2. The summed E-state index contributed by atoms with van der Waals surface area (Å²) < 4.78 is 65.2. The number of anilines is 1. The van der Waals surface area contributed by atoms with E-state index in [1.165, 1.54) is 15.2 Å². The highest BCUT2D eigenvalue weighted by atomic mass is 79.9. The number of aromatic nitrogens is 2. The number of fused-ring (bicyclic) bond motifs is 1. The van der Waals surface area contributed by atoms with Crippen molar-refractivity contribution in [3.05, 3.63) is 41.0 Å². The maximum absolute atomic E-state index is 13.0. The zero-order valence-corrected chi connectivity index (χ0v) is 21.9. The standard InChI is InChI=1S/C20H25BrN5O6S2/c1-3-31-18-7-5-6-15-14-16(8-9-17(15)18)34(29,30)22-20-19(21)26(23-32-20)24-10-12-25(13-11-24)33(27,28)4-2/h5-9,14,22H,3-4,10-13H2,1-2H3/q+1. The molecule has 1 saturated heterocycles. The maximum atomic E-state index is 13.0. The fourth-order valence-corrected chi connectivity index (χ4v) is 6.37. The molecule has 0 aliphatic carbocycles. The minimum absolute atomic E-state index is 0.0431. The van der Waals surface area contributed by atoms with E-state index >= 15 is 0 Å². The number of benzene rings is 2. The number of piperazine rings is 1. The largest absolute Gasteiger partial charge is 0.493 e. The molecule has 11 nitrogen and oxygen atoms in total. The number of hydrogen-bond donors (Lipinski definition) is 1. The number of sulfonamides is 2. The minimum atomic E-state index is -3.98. The molecule has 0 unspecified atom stereocenters. The Morgan fingerprint density at radius 1 is 1.12 bits per heavy atom. The van der Waals surface area contributed by atoms with Crippen LogP contribution in [-0.2, 0) is 20.0 Å². The van der Waals surface area contributed by atoms with Crippen molar-refractivity contribution in [3.8, 4) is 5.75 Å². The molecule has 1 N–H and O–H groups in total. The van der Waals surface area contributed by atoms with E-state index in [0.29, 0.717) is 38.5 Å². The van der Waals surface area contributed by atoms with Gasteiger partial charge in [0.05, 0.1) is 35.1 Å². The predicted molar refractivity (Wildman–Crippen MR) is 129 cm³/mol. The first kappa shape index (κ1) is 24.7. The van der Waals surface area contributed by atoms with Gasteiger partial charge in [0.1, 0.15) is 5.75 Å². The average Bonchev–Trinajstić information content (AvgIpc) is 3.18. The molecule has 3 aromatic rings. The maximum Gasteiger partial charge on any atom is 0.373 e. The van der Waals surface area contributed by atoms with Crippen molar-refractivity contribution in [2.24, 2.45) is 0 Å². The molecular formula is C20H25BrN5O6S2+. The molecule has 2 heterocycles. The smallest absolute Gasteiger partial charge is 0.373 e. The number of rotatable bonds is 8. The predicted octanol–water partition coefficient (Wildman–Crippen LogP) is 1.68. The first-order valence-corrected chi connectivity index (χ1v) is 14.5. The Labute approximate surface area is 206 Å². The van der Waals surface area contributed by atoms with Gasteiger partial charge in [0.25, 0.3) is 10.0 Å². The normalized spacial score (nSPS) is 15.6. The first-order chi connectivity index (χ1) is 16.2. The highest BCUT2D eigenvalue weighted by Gasteiger charge is 2.35. The van der Waals surface area contributed by atoms with Crippen LogP contribution in [0.3, 0.4) is 0 Å². The van der Waals surface area contributed by atoms with Gasteiger partial charge in [-0.1, -0.05) is 12.1 Å². The van der Waals surface area contributed by atoms with Gasteiger partial charge in [-0.2, -0.15) is 4.31 Å². The Kier molecular flexibility index (Phi) is 7.03. The highest BCUT2D eigenvalue weighted by molar-refractivity contribution is 9.10. The third-order valence-electron chi connectivity index (χ3n) is 5.46. The van der Waals surface area contributed by atoms with Crippen molar-refractivity contribution in [2.45, 2.75) is 18.7 Å². The van der Waals surface area contributed by atoms with E-state index in [-0.39, 0.29) is 21.1 Å². The molecule has 0 bridgehead atoms. The monoisotopic (exact) mass is 574 g/mol. The van der Waals surface area contributed by atoms with Crippen molar-refractivity contribution >= 4 is 52.6 Å². The van der Waals surface area contributed by atoms with Crippen molar-refractivity contribution in [1.29, 1.82) is 0 Å². The van der Waals surface area contributed by atoms with Gasteiger partial charge in [-0.05, 0) is 43.5 Å². The van der Waals surface area contributed by atoms with Crippen molar-refractivity contribution in [1.82, 2.24) is 9.58 Å². The molecular weight excluding hydrogens is 550 g/mol. The number of nitrogens with zero attached hydrogens (tertiary/aromatic N) is 4. The molecule has 14 heteroatoms. The van der Waals surface area contributed by atoms with E-state index in [2.05, 4.69) is 25.9 Å². The minimum Gasteiger partial charge on any atom is -0.493 e. The molecule has 1 aliphatic heterocycles. The van der Waals surface area contributed by atoms with Gasteiger partial charge in [-0.25, -0.2) is 21.6 Å². The van der Waals surface area contributed by atoms with Crippen LogP contribution in [0.5, 0.6) is 5.75 Å². The molecule has 0 amide bonds. The molecule has 0 radical (unpaired) electrons. The van der Waals surface area contributed by atoms with Crippen LogP contribution in [0.1, 0.15) is 13.8 Å². The average molecular weight is 575 g/mol. The van der Waals surface area contributed by atoms with E-state index in [9.17, 15) is 16.8 Å². The van der Waals surface area contributed by atoms with Gasteiger partial charge in [-0.3, -0.25) is 4.52 Å². The zero-order valence-electron chi connectivity index (χ0n) is 18.6. The number of hydrogen-bond acceptors (Lipinski definition) is 8. The summed E-state index contributed by atoms with van der Waals surface area (Å²) in [4.78, 5) is 1.43. The van der Waals surface area contributed by atoms with Crippen LogP contribution in [0.4, 0.5) is 5.88 Å². The van der Waals surface area contributed by atoms with E-state index < -0.39 is 20.0 Å². The van der Waals surface area contributed by atoms with Crippen LogP contribution in [0.25, 0.3) is 10.8 Å². The topological polar surface area (TPSA) is 126 Å². The second-order valence-electron chi connectivity index (χ2n) is 7.51. The van der Waals surface area contributed by atoms with Gasteiger partial charge in [-0.15, -0.1) is 5.01 Å². The van der Waals surface area contributed by atoms with Crippen molar-refractivity contribution < 1.29 is 30.9 Å². The van der Waals surface area contributed by atoms with Crippen LogP contribution in [0.15, 0.2) is 50.4 Å². The number of halogens is 1. The SMILES string of the molecule is CCOc1cccc2cc(S(=O)(=O)Nc3on[n+](N4CCN(S(=O)(=O)CC)CC4)c3Br)ccc12. The van der Waals surface area contributed by atoms with Gasteiger partial charge in [0, 0.05) is 34.4 Å². The molecule has 0 spiro atoms. The van der Waals surface area contributed by atoms with Gasteiger partial charge in [0.15, 0.2) is 0 Å². The summed E-state index contributed by atoms with van der Waals surface area (Å²) in [5.74, 6) is 0.635. The zero-order chi connectivity index (χ0) is 24.5. The van der Waals surface area contributed by atoms with Crippen LogP contribution < -0.4 is 19.3 Å². The lowest BCUT2D eigenvalue weighted by Crippen LogP contribution is -2.66. The Balaban J connectivity index is 1.52.